The summed E-state index contributed by atoms with van der Waals surface area (Å²) in [6.45, 7) is 1.30. The van der Waals surface area contributed by atoms with Crippen LogP contribution in [0.3, 0.4) is 0 Å². The highest BCUT2D eigenvalue weighted by molar-refractivity contribution is 5.94. The summed E-state index contributed by atoms with van der Waals surface area (Å²) in [5.41, 5.74) is 5.70. The normalized spacial score (nSPS) is 10.3. The van der Waals surface area contributed by atoms with E-state index in [0.717, 1.165) is 25.7 Å². The third-order valence-corrected chi connectivity index (χ3v) is 2.83. The van der Waals surface area contributed by atoms with Crippen LogP contribution in [-0.2, 0) is 0 Å². The topological polar surface area (TPSA) is 64.3 Å². The summed E-state index contributed by atoms with van der Waals surface area (Å²) < 4.78 is 18.2. The van der Waals surface area contributed by atoms with E-state index in [1.54, 1.807) is 6.07 Å². The molecule has 1 aromatic carbocycles. The molecule has 4 nitrogen and oxygen atoms in total. The van der Waals surface area contributed by atoms with Crippen LogP contribution < -0.4 is 15.8 Å². The van der Waals surface area contributed by atoms with Crippen LogP contribution in [0.25, 0.3) is 0 Å². The van der Waals surface area contributed by atoms with Gasteiger partial charge in [0, 0.05) is 12.1 Å². The van der Waals surface area contributed by atoms with Gasteiger partial charge in [-0.15, -0.1) is 0 Å². The zero-order valence-electron chi connectivity index (χ0n) is 11.2. The fourth-order valence-electron chi connectivity index (χ4n) is 1.73. The number of amides is 1. The molecule has 0 aliphatic carbocycles. The average molecular weight is 268 g/mol. The van der Waals surface area contributed by atoms with Crippen molar-refractivity contribution < 1.29 is 13.9 Å². The fourth-order valence-corrected chi connectivity index (χ4v) is 1.73. The Balaban J connectivity index is 2.35. The SMILES string of the molecule is COc1ccc(C(=O)NCCCCCCN)cc1F. The molecule has 1 rings (SSSR count). The van der Waals surface area contributed by atoms with E-state index in [4.69, 9.17) is 10.5 Å². The van der Waals surface area contributed by atoms with Gasteiger partial charge in [0.2, 0.25) is 0 Å². The number of carbonyl (C=O) groups excluding carboxylic acids is 1. The molecule has 0 aliphatic heterocycles. The highest BCUT2D eigenvalue weighted by Gasteiger charge is 2.09. The molecule has 0 atom stereocenters. The van der Waals surface area contributed by atoms with Crippen LogP contribution >= 0.6 is 0 Å². The third kappa shape index (κ3) is 5.26. The van der Waals surface area contributed by atoms with E-state index < -0.39 is 5.82 Å². The minimum Gasteiger partial charge on any atom is -0.494 e. The molecule has 0 spiro atoms. The lowest BCUT2D eigenvalue weighted by Gasteiger charge is -2.07. The largest absolute Gasteiger partial charge is 0.494 e. The zero-order chi connectivity index (χ0) is 14.1. The van der Waals surface area contributed by atoms with Crippen molar-refractivity contribution in [3.05, 3.63) is 29.6 Å². The Hall–Kier alpha value is -1.62. The second-order valence-electron chi connectivity index (χ2n) is 4.31. The molecule has 0 aliphatic rings. The summed E-state index contributed by atoms with van der Waals surface area (Å²) in [6, 6.07) is 4.18. The average Bonchev–Trinajstić information content (AvgIpc) is 2.42. The van der Waals surface area contributed by atoms with E-state index in [2.05, 4.69) is 5.32 Å². The summed E-state index contributed by atoms with van der Waals surface area (Å²) in [6.07, 6.45) is 4.03. The summed E-state index contributed by atoms with van der Waals surface area (Å²) in [5, 5.41) is 2.76. The van der Waals surface area contributed by atoms with Gasteiger partial charge in [0.1, 0.15) is 0 Å². The van der Waals surface area contributed by atoms with E-state index in [1.807, 2.05) is 0 Å². The number of rotatable bonds is 8. The Labute approximate surface area is 113 Å². The molecule has 0 saturated carbocycles. The van der Waals surface area contributed by atoms with Crippen molar-refractivity contribution in [1.29, 1.82) is 0 Å². The molecule has 0 unspecified atom stereocenters. The Bertz CT molecular complexity index is 410. The van der Waals surface area contributed by atoms with E-state index >= 15 is 0 Å². The molecular weight excluding hydrogens is 247 g/mol. The van der Waals surface area contributed by atoms with Crippen molar-refractivity contribution in [2.75, 3.05) is 20.2 Å². The molecule has 0 bridgehead atoms. The highest BCUT2D eigenvalue weighted by Crippen LogP contribution is 2.17. The van der Waals surface area contributed by atoms with Gasteiger partial charge in [-0.05, 0) is 37.6 Å². The lowest BCUT2D eigenvalue weighted by molar-refractivity contribution is 0.0952. The second-order valence-corrected chi connectivity index (χ2v) is 4.31. The third-order valence-electron chi connectivity index (χ3n) is 2.83. The molecule has 19 heavy (non-hydrogen) atoms. The van der Waals surface area contributed by atoms with Crippen LogP contribution in [-0.4, -0.2) is 26.1 Å². The molecule has 0 fully saturated rings. The second kappa shape index (κ2) is 8.48. The predicted molar refractivity (Wildman–Crippen MR) is 72.8 cm³/mol. The Morgan fingerprint density at radius 3 is 2.68 bits per heavy atom. The number of benzene rings is 1. The van der Waals surface area contributed by atoms with Crippen LogP contribution in [0.15, 0.2) is 18.2 Å². The molecular formula is C14H21FN2O2. The van der Waals surface area contributed by atoms with E-state index in [1.165, 1.54) is 19.2 Å². The van der Waals surface area contributed by atoms with Crippen LogP contribution in [0.5, 0.6) is 5.75 Å². The van der Waals surface area contributed by atoms with Crippen LogP contribution in [0.4, 0.5) is 4.39 Å². The maximum absolute atomic E-state index is 13.4. The molecule has 0 aromatic heterocycles. The standard InChI is InChI=1S/C14H21FN2O2/c1-19-13-7-6-11(10-12(13)15)14(18)17-9-5-3-2-4-8-16/h6-7,10H,2-5,8-9,16H2,1H3,(H,17,18). The van der Waals surface area contributed by atoms with Gasteiger partial charge in [-0.2, -0.15) is 0 Å². The summed E-state index contributed by atoms with van der Waals surface area (Å²) in [4.78, 5) is 11.7. The molecule has 1 amide bonds. The van der Waals surface area contributed by atoms with Crippen LogP contribution in [0, 0.1) is 5.82 Å². The minimum atomic E-state index is -0.530. The molecule has 0 radical (unpaired) electrons. The van der Waals surface area contributed by atoms with E-state index in [9.17, 15) is 9.18 Å². The highest BCUT2D eigenvalue weighted by atomic mass is 19.1. The van der Waals surface area contributed by atoms with Gasteiger partial charge in [0.15, 0.2) is 11.6 Å². The van der Waals surface area contributed by atoms with Gasteiger partial charge < -0.3 is 15.8 Å². The summed E-state index contributed by atoms with van der Waals surface area (Å²) in [7, 11) is 1.39. The van der Waals surface area contributed by atoms with Gasteiger partial charge in [-0.3, -0.25) is 4.79 Å². The number of methoxy groups -OCH3 is 1. The summed E-state index contributed by atoms with van der Waals surface area (Å²) >= 11 is 0. The van der Waals surface area contributed by atoms with Crippen molar-refractivity contribution in [3.8, 4) is 5.75 Å². The fraction of sp³-hybridized carbons (Fsp3) is 0.500. The molecule has 5 heteroatoms. The molecule has 106 valence electrons. The first-order valence-corrected chi connectivity index (χ1v) is 6.51. The number of carbonyl (C=O) groups is 1. The van der Waals surface area contributed by atoms with Gasteiger partial charge in [-0.1, -0.05) is 12.8 Å². The summed E-state index contributed by atoms with van der Waals surface area (Å²) in [5.74, 6) is -0.656. The van der Waals surface area contributed by atoms with Crippen molar-refractivity contribution >= 4 is 5.91 Å². The van der Waals surface area contributed by atoms with Crippen molar-refractivity contribution in [2.24, 2.45) is 5.73 Å². The minimum absolute atomic E-state index is 0.137. The molecule has 3 N–H and O–H groups in total. The Morgan fingerprint density at radius 1 is 1.32 bits per heavy atom. The van der Waals surface area contributed by atoms with Crippen molar-refractivity contribution in [3.63, 3.8) is 0 Å². The first kappa shape index (κ1) is 15.4. The molecule has 0 heterocycles. The van der Waals surface area contributed by atoms with E-state index in [-0.39, 0.29) is 11.7 Å². The van der Waals surface area contributed by atoms with Crippen LogP contribution in [0.2, 0.25) is 0 Å². The number of hydrogen-bond donors (Lipinski definition) is 2. The van der Waals surface area contributed by atoms with Gasteiger partial charge >= 0.3 is 0 Å². The lowest BCUT2D eigenvalue weighted by atomic mass is 10.1. The van der Waals surface area contributed by atoms with Gasteiger partial charge in [0.25, 0.3) is 5.91 Å². The predicted octanol–water partition coefficient (Wildman–Crippen LogP) is 2.08. The smallest absolute Gasteiger partial charge is 0.251 e. The zero-order valence-corrected chi connectivity index (χ0v) is 11.2. The first-order chi connectivity index (χ1) is 9.19. The number of nitrogens with two attached hydrogens (primary N) is 1. The maximum Gasteiger partial charge on any atom is 0.251 e. The van der Waals surface area contributed by atoms with Crippen molar-refractivity contribution in [1.82, 2.24) is 5.32 Å². The number of unbranched alkanes of at least 4 members (excludes halogenated alkanes) is 3. The van der Waals surface area contributed by atoms with Crippen molar-refractivity contribution in [2.45, 2.75) is 25.7 Å². The van der Waals surface area contributed by atoms with E-state index in [0.29, 0.717) is 18.7 Å². The van der Waals surface area contributed by atoms with Gasteiger partial charge in [-0.25, -0.2) is 4.39 Å². The van der Waals surface area contributed by atoms with Crippen LogP contribution in [0.1, 0.15) is 36.0 Å². The first-order valence-electron chi connectivity index (χ1n) is 6.51. The van der Waals surface area contributed by atoms with Gasteiger partial charge in [0.05, 0.1) is 7.11 Å². The molecule has 1 aromatic rings. The number of hydrogen-bond acceptors (Lipinski definition) is 3. The quantitative estimate of drug-likeness (QED) is 0.709. The monoisotopic (exact) mass is 268 g/mol. The number of halogens is 1. The number of nitrogens with one attached hydrogen (secondary N) is 1. The Kier molecular flexibility index (Phi) is 6.89. The number of ether oxygens (including phenoxy) is 1. The Morgan fingerprint density at radius 2 is 2.05 bits per heavy atom. The lowest BCUT2D eigenvalue weighted by Crippen LogP contribution is -2.24. The molecule has 0 saturated heterocycles. The maximum atomic E-state index is 13.4.